The van der Waals surface area contributed by atoms with E-state index in [-0.39, 0.29) is 11.7 Å². The molecule has 1 unspecified atom stereocenters. The third-order valence-electron chi connectivity index (χ3n) is 2.64. The van der Waals surface area contributed by atoms with Crippen molar-refractivity contribution in [3.05, 3.63) is 47.2 Å². The lowest BCUT2D eigenvalue weighted by molar-refractivity contribution is 0.153. The van der Waals surface area contributed by atoms with Gasteiger partial charge in [0, 0.05) is 29.2 Å². The summed E-state index contributed by atoms with van der Waals surface area (Å²) in [5.74, 6) is 0. The van der Waals surface area contributed by atoms with Crippen molar-refractivity contribution >= 4 is 21.4 Å². The highest BCUT2D eigenvalue weighted by atomic mass is 35.5. The Kier molecular flexibility index (Phi) is 3.93. The maximum atomic E-state index is 11.5. The molecule has 1 aromatic carbocycles. The van der Waals surface area contributed by atoms with Gasteiger partial charge in [-0.05, 0) is 6.07 Å². The van der Waals surface area contributed by atoms with Gasteiger partial charge in [0.05, 0.1) is 12.6 Å². The third kappa shape index (κ3) is 3.15. The van der Waals surface area contributed by atoms with Gasteiger partial charge in [-0.25, -0.2) is 13.4 Å². The van der Waals surface area contributed by atoms with Crippen LogP contribution in [0.2, 0.25) is 5.02 Å². The SMILES string of the molecule is CS(=O)(=O)c1nccn1CC(O)c1ccccc1Cl. The van der Waals surface area contributed by atoms with Crippen LogP contribution in [-0.4, -0.2) is 29.3 Å². The monoisotopic (exact) mass is 300 g/mol. The Balaban J connectivity index is 2.28. The van der Waals surface area contributed by atoms with Crippen molar-refractivity contribution in [1.29, 1.82) is 0 Å². The van der Waals surface area contributed by atoms with Crippen LogP contribution in [0.5, 0.6) is 0 Å². The molecule has 0 bridgehead atoms. The first kappa shape index (κ1) is 14.0. The summed E-state index contributed by atoms with van der Waals surface area (Å²) in [6.45, 7) is 0.0755. The van der Waals surface area contributed by atoms with E-state index in [1.807, 2.05) is 0 Å². The summed E-state index contributed by atoms with van der Waals surface area (Å²) in [6.07, 6.45) is 3.07. The predicted molar refractivity (Wildman–Crippen MR) is 71.7 cm³/mol. The van der Waals surface area contributed by atoms with Crippen LogP contribution in [0.4, 0.5) is 0 Å². The lowest BCUT2D eigenvalue weighted by atomic mass is 10.1. The summed E-state index contributed by atoms with van der Waals surface area (Å²) in [5, 5.41) is 10.5. The summed E-state index contributed by atoms with van der Waals surface area (Å²) in [6, 6.07) is 6.89. The maximum absolute atomic E-state index is 11.5. The first-order valence-corrected chi connectivity index (χ1v) is 7.80. The van der Waals surface area contributed by atoms with Gasteiger partial charge in [-0.15, -0.1) is 0 Å². The minimum Gasteiger partial charge on any atom is -0.386 e. The molecule has 0 radical (unpaired) electrons. The molecular weight excluding hydrogens is 288 g/mol. The zero-order chi connectivity index (χ0) is 14.0. The van der Waals surface area contributed by atoms with Gasteiger partial charge in [-0.2, -0.15) is 0 Å². The predicted octanol–water partition coefficient (Wildman–Crippen LogP) is 1.67. The van der Waals surface area contributed by atoms with Gasteiger partial charge in [0.15, 0.2) is 0 Å². The van der Waals surface area contributed by atoms with Crippen molar-refractivity contribution in [3.63, 3.8) is 0 Å². The van der Waals surface area contributed by atoms with Crippen LogP contribution >= 0.6 is 11.6 Å². The van der Waals surface area contributed by atoms with Crippen LogP contribution in [0.15, 0.2) is 41.8 Å². The Labute approximate surface area is 116 Å². The molecule has 0 fully saturated rings. The molecule has 2 aromatic rings. The average molecular weight is 301 g/mol. The van der Waals surface area contributed by atoms with Crippen molar-refractivity contribution in [3.8, 4) is 0 Å². The first-order valence-electron chi connectivity index (χ1n) is 5.53. The fourth-order valence-corrected chi connectivity index (χ4v) is 2.87. The van der Waals surface area contributed by atoms with Gasteiger partial charge in [-0.1, -0.05) is 29.8 Å². The molecule has 5 nitrogen and oxygen atoms in total. The zero-order valence-electron chi connectivity index (χ0n) is 10.2. The number of sulfone groups is 1. The molecule has 0 saturated carbocycles. The van der Waals surface area contributed by atoms with E-state index in [0.717, 1.165) is 6.26 Å². The number of imidazole rings is 1. The zero-order valence-corrected chi connectivity index (χ0v) is 11.8. The van der Waals surface area contributed by atoms with Crippen LogP contribution < -0.4 is 0 Å². The number of aromatic nitrogens is 2. The Hall–Kier alpha value is -1.37. The largest absolute Gasteiger partial charge is 0.386 e. The van der Waals surface area contributed by atoms with E-state index in [4.69, 9.17) is 11.6 Å². The van der Waals surface area contributed by atoms with E-state index in [1.165, 1.54) is 17.0 Å². The lowest BCUT2D eigenvalue weighted by Gasteiger charge is -2.14. The summed E-state index contributed by atoms with van der Waals surface area (Å²) >= 11 is 5.99. The highest BCUT2D eigenvalue weighted by molar-refractivity contribution is 7.90. The van der Waals surface area contributed by atoms with Crippen molar-refractivity contribution in [2.75, 3.05) is 6.26 Å². The minimum atomic E-state index is -3.42. The fourth-order valence-electron chi connectivity index (χ4n) is 1.79. The van der Waals surface area contributed by atoms with Gasteiger partial charge in [-0.3, -0.25) is 0 Å². The number of benzene rings is 1. The fraction of sp³-hybridized carbons (Fsp3) is 0.250. The molecule has 0 spiro atoms. The molecule has 1 aromatic heterocycles. The number of hydrogen-bond donors (Lipinski definition) is 1. The van der Waals surface area contributed by atoms with E-state index >= 15 is 0 Å². The highest BCUT2D eigenvalue weighted by Gasteiger charge is 2.18. The minimum absolute atomic E-state index is 0.0707. The van der Waals surface area contributed by atoms with Crippen LogP contribution in [0.3, 0.4) is 0 Å². The second-order valence-corrected chi connectivity index (χ2v) is 6.49. The first-order chi connectivity index (χ1) is 8.89. The molecule has 1 atom stereocenters. The quantitative estimate of drug-likeness (QED) is 0.932. The number of rotatable bonds is 4. The van der Waals surface area contributed by atoms with Gasteiger partial charge >= 0.3 is 0 Å². The van der Waals surface area contributed by atoms with Crippen molar-refractivity contribution in [2.24, 2.45) is 0 Å². The van der Waals surface area contributed by atoms with Gasteiger partial charge < -0.3 is 9.67 Å². The molecule has 19 heavy (non-hydrogen) atoms. The van der Waals surface area contributed by atoms with Crippen LogP contribution in [0.1, 0.15) is 11.7 Å². The van der Waals surface area contributed by atoms with Gasteiger partial charge in [0.25, 0.3) is 0 Å². The molecule has 1 heterocycles. The Morgan fingerprint density at radius 2 is 2.11 bits per heavy atom. The van der Waals surface area contributed by atoms with Crippen molar-refractivity contribution in [1.82, 2.24) is 9.55 Å². The molecule has 0 aliphatic carbocycles. The molecule has 1 N–H and O–H groups in total. The van der Waals surface area contributed by atoms with E-state index in [0.29, 0.717) is 10.6 Å². The molecule has 7 heteroatoms. The molecule has 102 valence electrons. The molecular formula is C12H13ClN2O3S. The number of aliphatic hydroxyl groups is 1. The maximum Gasteiger partial charge on any atom is 0.227 e. The molecule has 0 amide bonds. The summed E-state index contributed by atoms with van der Waals surface area (Å²) in [7, 11) is -3.42. The Morgan fingerprint density at radius 1 is 1.42 bits per heavy atom. The lowest BCUT2D eigenvalue weighted by Crippen LogP contribution is -2.14. The number of hydrogen-bond acceptors (Lipinski definition) is 4. The number of halogens is 1. The standard InChI is InChI=1S/C12H13ClN2O3S/c1-19(17,18)12-14-6-7-15(12)8-11(16)9-4-2-3-5-10(9)13/h2-7,11,16H,8H2,1H3. The summed E-state index contributed by atoms with van der Waals surface area (Å²) in [4.78, 5) is 3.79. The van der Waals surface area contributed by atoms with Crippen LogP contribution in [0, 0.1) is 0 Å². The van der Waals surface area contributed by atoms with Gasteiger partial charge in [0.1, 0.15) is 0 Å². The van der Waals surface area contributed by atoms with Crippen LogP contribution in [-0.2, 0) is 16.4 Å². The molecule has 0 saturated heterocycles. The highest BCUT2D eigenvalue weighted by Crippen LogP contribution is 2.24. The second-order valence-electron chi connectivity index (χ2n) is 4.17. The number of aliphatic hydroxyl groups excluding tert-OH is 1. The molecule has 0 aliphatic heterocycles. The van der Waals surface area contributed by atoms with Crippen molar-refractivity contribution in [2.45, 2.75) is 17.8 Å². The molecule has 0 aliphatic rings. The van der Waals surface area contributed by atoms with Crippen molar-refractivity contribution < 1.29 is 13.5 Å². The summed E-state index contributed by atoms with van der Waals surface area (Å²) < 4.78 is 24.4. The Morgan fingerprint density at radius 3 is 2.74 bits per heavy atom. The van der Waals surface area contributed by atoms with E-state index in [9.17, 15) is 13.5 Å². The molecule has 2 rings (SSSR count). The topological polar surface area (TPSA) is 72.2 Å². The normalized spacial score (nSPS) is 13.4. The summed E-state index contributed by atoms with van der Waals surface area (Å²) in [5.41, 5.74) is 0.553. The number of nitrogens with zero attached hydrogens (tertiary/aromatic N) is 2. The smallest absolute Gasteiger partial charge is 0.227 e. The van der Waals surface area contributed by atoms with Crippen LogP contribution in [0.25, 0.3) is 0 Å². The van der Waals surface area contributed by atoms with Gasteiger partial charge in [0.2, 0.25) is 15.0 Å². The average Bonchev–Trinajstić information content (AvgIpc) is 2.77. The van der Waals surface area contributed by atoms with E-state index in [1.54, 1.807) is 24.3 Å². The van der Waals surface area contributed by atoms with E-state index < -0.39 is 15.9 Å². The third-order valence-corrected chi connectivity index (χ3v) is 3.99. The Bertz CT molecular complexity index is 682. The van der Waals surface area contributed by atoms with E-state index in [2.05, 4.69) is 4.98 Å². The second kappa shape index (κ2) is 5.32.